The highest BCUT2D eigenvalue weighted by molar-refractivity contribution is 7.84. The van der Waals surface area contributed by atoms with Gasteiger partial charge in [0.25, 0.3) is 0 Å². The lowest BCUT2D eigenvalue weighted by Gasteiger charge is -2.15. The van der Waals surface area contributed by atoms with Crippen LogP contribution in [0.15, 0.2) is 41.3 Å². The number of hydrogen-bond donors (Lipinski definition) is 0. The highest BCUT2D eigenvalue weighted by atomic mass is 35.6. The summed E-state index contributed by atoms with van der Waals surface area (Å²) in [5.74, 6) is 0.564. The lowest BCUT2D eigenvalue weighted by molar-refractivity contribution is 0.329. The van der Waals surface area contributed by atoms with E-state index in [-0.39, 0.29) is 6.61 Å². The Kier molecular flexibility index (Phi) is 4.62. The molecule has 1 unspecified atom stereocenters. The van der Waals surface area contributed by atoms with E-state index in [0.29, 0.717) is 10.6 Å². The number of hydrogen-bond acceptors (Lipinski definition) is 2. The van der Waals surface area contributed by atoms with E-state index in [1.807, 2.05) is 24.3 Å². The monoisotopic (exact) mass is 336 g/mol. The summed E-state index contributed by atoms with van der Waals surface area (Å²) in [7, 11) is -1.12. The molecule has 0 saturated carbocycles. The van der Waals surface area contributed by atoms with Crippen LogP contribution in [0.4, 0.5) is 0 Å². The summed E-state index contributed by atoms with van der Waals surface area (Å²) in [4.78, 5) is 0.706. The van der Waals surface area contributed by atoms with Gasteiger partial charge >= 0.3 is 0 Å². The van der Waals surface area contributed by atoms with Gasteiger partial charge in [0.1, 0.15) is 12.4 Å². The molecule has 0 fully saturated rings. The lowest BCUT2D eigenvalue weighted by atomic mass is 10.1. The minimum Gasteiger partial charge on any atom is -0.488 e. The van der Waals surface area contributed by atoms with Gasteiger partial charge < -0.3 is 4.74 Å². The second kappa shape index (κ2) is 5.88. The Bertz CT molecular complexity index is 618. The van der Waals surface area contributed by atoms with Gasteiger partial charge in [-0.25, -0.2) is 0 Å². The lowest BCUT2D eigenvalue weighted by Crippen LogP contribution is -2.15. The zero-order valence-corrected chi connectivity index (χ0v) is 13.1. The Hall–Kier alpha value is -0.480. The van der Waals surface area contributed by atoms with Crippen molar-refractivity contribution in [3.8, 4) is 5.75 Å². The SMILES string of the molecule is CS(=O)c1cccc2cccc(OCC(Cl)(Cl)Cl)c12. The molecule has 0 aliphatic rings. The molecular formula is C13H11Cl3O2S. The molecule has 0 spiro atoms. The van der Waals surface area contributed by atoms with Gasteiger partial charge in [-0.15, -0.1) is 0 Å². The molecule has 0 radical (unpaired) electrons. The third kappa shape index (κ3) is 3.76. The average Bonchev–Trinajstić information content (AvgIpc) is 2.34. The van der Waals surface area contributed by atoms with Crippen molar-refractivity contribution in [3.63, 3.8) is 0 Å². The summed E-state index contributed by atoms with van der Waals surface area (Å²) in [5.41, 5.74) is 0. The fraction of sp³-hybridized carbons (Fsp3) is 0.231. The van der Waals surface area contributed by atoms with E-state index in [0.717, 1.165) is 10.8 Å². The van der Waals surface area contributed by atoms with E-state index in [9.17, 15) is 4.21 Å². The summed E-state index contributed by atoms with van der Waals surface area (Å²) < 4.78 is 15.9. The molecule has 0 amide bonds. The normalized spacial score (nSPS) is 13.5. The van der Waals surface area contributed by atoms with Gasteiger partial charge in [-0.3, -0.25) is 4.21 Å². The van der Waals surface area contributed by atoms with E-state index in [1.165, 1.54) is 0 Å². The van der Waals surface area contributed by atoms with Crippen LogP contribution in [-0.2, 0) is 10.8 Å². The fourth-order valence-corrected chi connectivity index (χ4v) is 2.73. The number of alkyl halides is 3. The van der Waals surface area contributed by atoms with Crippen molar-refractivity contribution in [3.05, 3.63) is 36.4 Å². The van der Waals surface area contributed by atoms with Crippen LogP contribution in [0.5, 0.6) is 5.75 Å². The Morgan fingerprint density at radius 1 is 1.16 bits per heavy atom. The van der Waals surface area contributed by atoms with Crippen LogP contribution in [0.25, 0.3) is 10.8 Å². The molecule has 1 atom stereocenters. The first kappa shape index (κ1) is 14.9. The Morgan fingerprint density at radius 3 is 2.37 bits per heavy atom. The molecular weight excluding hydrogens is 327 g/mol. The number of halogens is 3. The van der Waals surface area contributed by atoms with Crippen molar-refractivity contribution in [1.29, 1.82) is 0 Å². The van der Waals surface area contributed by atoms with Gasteiger partial charge in [0.2, 0.25) is 3.79 Å². The molecule has 0 aliphatic heterocycles. The van der Waals surface area contributed by atoms with E-state index in [4.69, 9.17) is 39.5 Å². The second-order valence-electron chi connectivity index (χ2n) is 3.97. The van der Waals surface area contributed by atoms with Crippen LogP contribution in [-0.4, -0.2) is 20.9 Å². The zero-order valence-electron chi connectivity index (χ0n) is 10.0. The second-order valence-corrected chi connectivity index (χ2v) is 7.83. The van der Waals surface area contributed by atoms with Crippen LogP contribution < -0.4 is 4.74 Å². The van der Waals surface area contributed by atoms with Gasteiger partial charge in [0, 0.05) is 11.6 Å². The molecule has 6 heteroatoms. The molecule has 2 aromatic rings. The molecule has 2 rings (SSSR count). The summed E-state index contributed by atoms with van der Waals surface area (Å²) in [6.07, 6.45) is 1.63. The minimum atomic E-state index is -1.48. The molecule has 0 heterocycles. The van der Waals surface area contributed by atoms with Gasteiger partial charge in [0.05, 0.1) is 15.7 Å². The highest BCUT2D eigenvalue weighted by Crippen LogP contribution is 2.33. The fourth-order valence-electron chi connectivity index (χ4n) is 1.79. The first-order valence-electron chi connectivity index (χ1n) is 5.43. The molecule has 2 nitrogen and oxygen atoms in total. The third-order valence-corrected chi connectivity index (χ3v) is 3.82. The van der Waals surface area contributed by atoms with Crippen molar-refractivity contribution < 1.29 is 8.95 Å². The van der Waals surface area contributed by atoms with Crippen molar-refractivity contribution in [2.24, 2.45) is 0 Å². The first-order chi connectivity index (χ1) is 8.88. The van der Waals surface area contributed by atoms with Gasteiger partial charge in [-0.2, -0.15) is 0 Å². The van der Waals surface area contributed by atoms with E-state index >= 15 is 0 Å². The van der Waals surface area contributed by atoms with E-state index < -0.39 is 14.6 Å². The third-order valence-electron chi connectivity index (χ3n) is 2.53. The minimum absolute atomic E-state index is 0.0680. The largest absolute Gasteiger partial charge is 0.488 e. The highest BCUT2D eigenvalue weighted by Gasteiger charge is 2.21. The van der Waals surface area contributed by atoms with Crippen molar-refractivity contribution in [2.45, 2.75) is 8.69 Å². The van der Waals surface area contributed by atoms with Crippen molar-refractivity contribution in [1.82, 2.24) is 0 Å². The number of fused-ring (bicyclic) bond motifs is 1. The topological polar surface area (TPSA) is 26.3 Å². The average molecular weight is 338 g/mol. The summed E-state index contributed by atoms with van der Waals surface area (Å²) in [5, 5.41) is 1.73. The maximum absolute atomic E-state index is 11.8. The maximum Gasteiger partial charge on any atom is 0.223 e. The molecule has 19 heavy (non-hydrogen) atoms. The standard InChI is InChI=1S/C13H11Cl3O2S/c1-19(17)11-7-3-5-9-4-2-6-10(12(9)11)18-8-13(14,15)16/h2-7H,8H2,1H3. The van der Waals surface area contributed by atoms with Crippen LogP contribution in [0.1, 0.15) is 0 Å². The predicted molar refractivity (Wildman–Crippen MR) is 82.1 cm³/mol. The molecule has 0 N–H and O–H groups in total. The predicted octanol–water partition coefficient (Wildman–Crippen LogP) is 4.33. The smallest absolute Gasteiger partial charge is 0.223 e. The summed E-state index contributed by atoms with van der Waals surface area (Å²) in [6, 6.07) is 11.1. The quantitative estimate of drug-likeness (QED) is 0.779. The molecule has 0 bridgehead atoms. The van der Waals surface area contributed by atoms with Gasteiger partial charge in [-0.05, 0) is 17.5 Å². The molecule has 102 valence electrons. The number of ether oxygens (including phenoxy) is 1. The Balaban J connectivity index is 2.51. The molecule has 2 aromatic carbocycles. The van der Waals surface area contributed by atoms with Gasteiger partial charge in [0.15, 0.2) is 0 Å². The summed E-state index contributed by atoms with van der Waals surface area (Å²) in [6.45, 7) is -0.0680. The van der Waals surface area contributed by atoms with Crippen LogP contribution in [0.2, 0.25) is 0 Å². The van der Waals surface area contributed by atoms with Gasteiger partial charge in [-0.1, -0.05) is 59.1 Å². The first-order valence-corrected chi connectivity index (χ1v) is 8.12. The van der Waals surface area contributed by atoms with E-state index in [2.05, 4.69) is 0 Å². The summed E-state index contributed by atoms with van der Waals surface area (Å²) >= 11 is 17.0. The van der Waals surface area contributed by atoms with E-state index in [1.54, 1.807) is 18.4 Å². The molecule has 0 saturated heterocycles. The van der Waals surface area contributed by atoms with Crippen molar-refractivity contribution >= 4 is 56.4 Å². The molecule has 0 aliphatic carbocycles. The van der Waals surface area contributed by atoms with Crippen molar-refractivity contribution in [2.75, 3.05) is 12.9 Å². The van der Waals surface area contributed by atoms with Crippen LogP contribution >= 0.6 is 34.8 Å². The Labute approximate surface area is 129 Å². The molecule has 0 aromatic heterocycles. The number of rotatable bonds is 3. The van der Waals surface area contributed by atoms with Crippen LogP contribution in [0.3, 0.4) is 0 Å². The maximum atomic E-state index is 11.8. The van der Waals surface area contributed by atoms with Crippen LogP contribution in [0, 0.1) is 0 Å². The number of benzene rings is 2. The zero-order chi connectivity index (χ0) is 14.0. The Morgan fingerprint density at radius 2 is 1.79 bits per heavy atom.